The first kappa shape index (κ1) is 20.4. The highest BCUT2D eigenvalue weighted by Crippen LogP contribution is 2.41. The number of hydrogen-bond donors (Lipinski definition) is 3. The summed E-state index contributed by atoms with van der Waals surface area (Å²) in [5.74, 6) is -0.449. The fraction of sp³-hybridized carbons (Fsp3) is 0.174. The van der Waals surface area contributed by atoms with Gasteiger partial charge < -0.3 is 14.5 Å². The number of nitrogens with zero attached hydrogens (tertiary/aromatic N) is 2. The van der Waals surface area contributed by atoms with Crippen LogP contribution in [0.3, 0.4) is 0 Å². The third kappa shape index (κ3) is 3.51. The van der Waals surface area contributed by atoms with Crippen LogP contribution >= 0.6 is 0 Å². The maximum atomic E-state index is 12.7. The SMILES string of the molecule is O=C(NN=Cc1c(O)c([N+](=O)[O-])cc2oc3c(c12)CCCC3)c1cc(=O)[nH]c2ccccc12. The van der Waals surface area contributed by atoms with Gasteiger partial charge in [0.2, 0.25) is 11.3 Å². The van der Waals surface area contributed by atoms with E-state index in [2.05, 4.69) is 15.5 Å². The van der Waals surface area contributed by atoms with Gasteiger partial charge in [-0.25, -0.2) is 5.43 Å². The highest BCUT2D eigenvalue weighted by Gasteiger charge is 2.27. The minimum absolute atomic E-state index is 0.0992. The lowest BCUT2D eigenvalue weighted by atomic mass is 9.93. The Hall–Kier alpha value is -4.47. The summed E-state index contributed by atoms with van der Waals surface area (Å²) in [7, 11) is 0. The number of carbonyl (C=O) groups excluding carboxylic acids is 1. The summed E-state index contributed by atoms with van der Waals surface area (Å²) in [6.45, 7) is 0. The number of aromatic amines is 1. The van der Waals surface area contributed by atoms with Gasteiger partial charge in [0.1, 0.15) is 11.3 Å². The molecule has 0 saturated heterocycles. The second kappa shape index (κ2) is 7.90. The maximum Gasteiger partial charge on any atom is 0.315 e. The first-order valence-corrected chi connectivity index (χ1v) is 10.3. The van der Waals surface area contributed by atoms with Gasteiger partial charge in [-0.15, -0.1) is 0 Å². The van der Waals surface area contributed by atoms with E-state index in [-0.39, 0.29) is 11.1 Å². The van der Waals surface area contributed by atoms with Crippen molar-refractivity contribution in [1.82, 2.24) is 10.4 Å². The van der Waals surface area contributed by atoms with E-state index in [1.807, 2.05) is 0 Å². The number of phenols is 1. The molecule has 10 heteroatoms. The normalized spacial score (nSPS) is 13.5. The Kier molecular flexibility index (Phi) is 4.89. The van der Waals surface area contributed by atoms with Gasteiger partial charge in [-0.2, -0.15) is 5.10 Å². The van der Waals surface area contributed by atoms with Crippen LogP contribution in [0.15, 0.2) is 50.7 Å². The molecule has 2 aromatic heterocycles. The van der Waals surface area contributed by atoms with E-state index < -0.39 is 27.8 Å². The second-order valence-electron chi connectivity index (χ2n) is 7.79. The first-order chi connectivity index (χ1) is 15.9. The van der Waals surface area contributed by atoms with Crippen molar-refractivity contribution >= 4 is 39.7 Å². The molecule has 10 nitrogen and oxygen atoms in total. The number of furan rings is 1. The Bertz CT molecular complexity index is 1530. The Balaban J connectivity index is 1.55. The summed E-state index contributed by atoms with van der Waals surface area (Å²) in [5.41, 5.74) is 3.30. The molecule has 1 aliphatic rings. The predicted molar refractivity (Wildman–Crippen MR) is 121 cm³/mol. The standard InChI is InChI=1S/C23H18N4O6/c28-20-9-14(12-5-1-3-7-16(12)25-20)23(30)26-24-11-15-21-13-6-2-4-8-18(13)33-19(21)10-17(22(15)29)27(31)32/h1,3,5,7,9-11,29H,2,4,6,8H2,(H,25,28)(H,26,30). The van der Waals surface area contributed by atoms with E-state index in [9.17, 15) is 24.8 Å². The lowest BCUT2D eigenvalue weighted by Gasteiger charge is -2.10. The van der Waals surface area contributed by atoms with Crippen LogP contribution in [-0.4, -0.2) is 27.1 Å². The molecule has 3 N–H and O–H groups in total. The largest absolute Gasteiger partial charge is 0.502 e. The number of carbonyl (C=O) groups is 1. The number of H-pyrrole nitrogens is 1. The molecule has 0 radical (unpaired) electrons. The number of hydrogen-bond acceptors (Lipinski definition) is 7. The molecule has 0 fully saturated rings. The van der Waals surface area contributed by atoms with Gasteiger partial charge in [-0.05, 0) is 25.3 Å². The molecule has 4 aromatic rings. The number of nitrogens with one attached hydrogen (secondary N) is 2. The Morgan fingerprint density at radius 1 is 1.24 bits per heavy atom. The monoisotopic (exact) mass is 446 g/mol. The number of fused-ring (bicyclic) bond motifs is 4. The Morgan fingerprint density at radius 2 is 2.03 bits per heavy atom. The maximum absolute atomic E-state index is 12.7. The summed E-state index contributed by atoms with van der Waals surface area (Å²) in [6, 6.07) is 9.22. The molecule has 0 spiro atoms. The van der Waals surface area contributed by atoms with Gasteiger partial charge >= 0.3 is 5.69 Å². The molecule has 0 unspecified atom stereocenters. The van der Waals surface area contributed by atoms with Gasteiger partial charge in [0, 0.05) is 34.3 Å². The van der Waals surface area contributed by atoms with Gasteiger partial charge in [0.05, 0.1) is 28.3 Å². The number of nitro groups is 1. The van der Waals surface area contributed by atoms with Crippen LogP contribution in [0, 0.1) is 10.1 Å². The van der Waals surface area contributed by atoms with Crippen molar-refractivity contribution in [2.24, 2.45) is 5.10 Å². The molecule has 0 saturated carbocycles. The Morgan fingerprint density at radius 3 is 2.85 bits per heavy atom. The molecule has 2 aromatic carbocycles. The molecule has 166 valence electrons. The molecule has 0 atom stereocenters. The van der Waals surface area contributed by atoms with Crippen molar-refractivity contribution in [3.8, 4) is 5.75 Å². The number of aromatic nitrogens is 1. The van der Waals surface area contributed by atoms with Gasteiger partial charge in [-0.1, -0.05) is 18.2 Å². The number of benzene rings is 2. The quantitative estimate of drug-likeness (QED) is 0.248. The predicted octanol–water partition coefficient (Wildman–Crippen LogP) is 3.53. The average Bonchev–Trinajstić information content (AvgIpc) is 3.17. The number of phenolic OH excluding ortho intramolecular Hbond substituents is 1. The summed E-state index contributed by atoms with van der Waals surface area (Å²) in [5, 5.41) is 27.1. The highest BCUT2D eigenvalue weighted by atomic mass is 16.6. The van der Waals surface area contributed by atoms with Crippen LogP contribution < -0.4 is 11.0 Å². The van der Waals surface area contributed by atoms with Crippen molar-refractivity contribution in [3.05, 3.63) is 79.3 Å². The van der Waals surface area contributed by atoms with E-state index in [4.69, 9.17) is 4.42 Å². The zero-order chi connectivity index (χ0) is 23.1. The number of amides is 1. The number of para-hydroxylation sites is 1. The fourth-order valence-corrected chi connectivity index (χ4v) is 4.31. The minimum atomic E-state index is -0.700. The summed E-state index contributed by atoms with van der Waals surface area (Å²) < 4.78 is 5.83. The lowest BCUT2D eigenvalue weighted by molar-refractivity contribution is -0.385. The van der Waals surface area contributed by atoms with Crippen LogP contribution in [0.2, 0.25) is 0 Å². The number of pyridine rings is 1. The molecule has 1 amide bonds. The molecule has 0 bridgehead atoms. The van der Waals surface area contributed by atoms with Crippen molar-refractivity contribution in [3.63, 3.8) is 0 Å². The fourth-order valence-electron chi connectivity index (χ4n) is 4.31. The molecular weight excluding hydrogens is 428 g/mol. The van der Waals surface area contributed by atoms with Crippen LogP contribution in [-0.2, 0) is 12.8 Å². The van der Waals surface area contributed by atoms with Crippen molar-refractivity contribution < 1.29 is 19.2 Å². The number of aromatic hydroxyl groups is 1. The van der Waals surface area contributed by atoms with E-state index in [0.717, 1.165) is 24.2 Å². The topological polar surface area (TPSA) is 151 Å². The van der Waals surface area contributed by atoms with Crippen LogP contribution in [0.1, 0.15) is 40.1 Å². The van der Waals surface area contributed by atoms with E-state index >= 15 is 0 Å². The summed E-state index contributed by atoms with van der Waals surface area (Å²) in [4.78, 5) is 38.1. The number of aryl methyl sites for hydroxylation is 2. The number of nitro benzene ring substituents is 1. The summed E-state index contributed by atoms with van der Waals surface area (Å²) >= 11 is 0. The van der Waals surface area contributed by atoms with Crippen LogP contribution in [0.5, 0.6) is 5.75 Å². The van der Waals surface area contributed by atoms with Gasteiger partial charge in [-0.3, -0.25) is 19.7 Å². The first-order valence-electron chi connectivity index (χ1n) is 10.3. The number of rotatable bonds is 4. The Labute approximate surface area is 185 Å². The molecular formula is C23H18N4O6. The van der Waals surface area contributed by atoms with Crippen LogP contribution in [0.4, 0.5) is 5.69 Å². The van der Waals surface area contributed by atoms with E-state index in [0.29, 0.717) is 34.7 Å². The summed E-state index contributed by atoms with van der Waals surface area (Å²) in [6.07, 6.45) is 4.47. The van der Waals surface area contributed by atoms with E-state index in [1.54, 1.807) is 24.3 Å². The second-order valence-corrected chi connectivity index (χ2v) is 7.79. The van der Waals surface area contributed by atoms with Gasteiger partial charge in [0.25, 0.3) is 5.91 Å². The van der Waals surface area contributed by atoms with Gasteiger partial charge in [0.15, 0.2) is 0 Å². The third-order valence-electron chi connectivity index (χ3n) is 5.79. The van der Waals surface area contributed by atoms with Crippen molar-refractivity contribution in [2.75, 3.05) is 0 Å². The smallest absolute Gasteiger partial charge is 0.315 e. The van der Waals surface area contributed by atoms with Crippen LogP contribution in [0.25, 0.3) is 21.9 Å². The minimum Gasteiger partial charge on any atom is -0.502 e. The third-order valence-corrected chi connectivity index (χ3v) is 5.79. The molecule has 33 heavy (non-hydrogen) atoms. The zero-order valence-corrected chi connectivity index (χ0v) is 17.3. The lowest BCUT2D eigenvalue weighted by Crippen LogP contribution is -2.20. The molecule has 0 aliphatic heterocycles. The zero-order valence-electron chi connectivity index (χ0n) is 17.3. The average molecular weight is 446 g/mol. The number of hydrazone groups is 1. The van der Waals surface area contributed by atoms with Crippen molar-refractivity contribution in [1.29, 1.82) is 0 Å². The van der Waals surface area contributed by atoms with E-state index in [1.165, 1.54) is 18.3 Å². The highest BCUT2D eigenvalue weighted by molar-refractivity contribution is 6.07. The molecule has 2 heterocycles. The molecule has 5 rings (SSSR count). The van der Waals surface area contributed by atoms with Crippen molar-refractivity contribution in [2.45, 2.75) is 25.7 Å². The molecule has 1 aliphatic carbocycles.